The van der Waals surface area contributed by atoms with Crippen molar-refractivity contribution in [2.24, 2.45) is 0 Å². The highest BCUT2D eigenvalue weighted by Gasteiger charge is 2.23. The number of aromatic amines is 1. The highest BCUT2D eigenvalue weighted by Crippen LogP contribution is 2.08. The zero-order valence-corrected chi connectivity index (χ0v) is 13.5. The van der Waals surface area contributed by atoms with Crippen molar-refractivity contribution < 1.29 is 9.53 Å². The van der Waals surface area contributed by atoms with Crippen molar-refractivity contribution in [3.8, 4) is 0 Å². The van der Waals surface area contributed by atoms with E-state index in [1.54, 1.807) is 4.90 Å². The first-order valence-corrected chi connectivity index (χ1v) is 7.97. The molecular weight excluding hydrogens is 298 g/mol. The topological polar surface area (TPSA) is 92.6 Å². The van der Waals surface area contributed by atoms with Crippen LogP contribution in [0.2, 0.25) is 0 Å². The summed E-state index contributed by atoms with van der Waals surface area (Å²) in [4.78, 5) is 35.3. The van der Waals surface area contributed by atoms with Crippen LogP contribution in [0.3, 0.4) is 0 Å². The summed E-state index contributed by atoms with van der Waals surface area (Å²) < 4.78 is 6.51. The number of hydrogen-bond acceptors (Lipinski definition) is 5. The van der Waals surface area contributed by atoms with Crippen LogP contribution in [0.15, 0.2) is 4.79 Å². The van der Waals surface area contributed by atoms with Gasteiger partial charge in [-0.15, -0.1) is 0 Å². The third-order valence-electron chi connectivity index (χ3n) is 4.08. The van der Waals surface area contributed by atoms with Crippen molar-refractivity contribution in [3.05, 3.63) is 27.4 Å². The number of nitrogens with zero attached hydrogens (tertiary/aromatic N) is 4. The molecule has 23 heavy (non-hydrogen) atoms. The number of carbonyl (C=O) groups excluding carboxylic acids is 1. The maximum atomic E-state index is 12.6. The Kier molecular flexibility index (Phi) is 4.42. The van der Waals surface area contributed by atoms with Gasteiger partial charge in [-0.2, -0.15) is 9.50 Å². The second kappa shape index (κ2) is 6.49. The molecule has 3 heterocycles. The molecule has 1 amide bonds. The molecule has 1 saturated heterocycles. The molecule has 2 aromatic rings. The summed E-state index contributed by atoms with van der Waals surface area (Å²) >= 11 is 0. The number of amides is 1. The van der Waals surface area contributed by atoms with Gasteiger partial charge in [0.25, 0.3) is 17.2 Å². The fourth-order valence-electron chi connectivity index (χ4n) is 2.71. The minimum absolute atomic E-state index is 0.142. The summed E-state index contributed by atoms with van der Waals surface area (Å²) in [7, 11) is 0. The van der Waals surface area contributed by atoms with Crippen LogP contribution in [0.25, 0.3) is 5.78 Å². The molecule has 0 bridgehead atoms. The van der Waals surface area contributed by atoms with Gasteiger partial charge < -0.3 is 9.64 Å². The summed E-state index contributed by atoms with van der Waals surface area (Å²) in [6.07, 6.45) is 2.62. The van der Waals surface area contributed by atoms with E-state index in [4.69, 9.17) is 4.74 Å². The molecule has 1 N–H and O–H groups in total. The maximum absolute atomic E-state index is 12.6. The lowest BCUT2D eigenvalue weighted by molar-refractivity contribution is 0.0295. The molecule has 0 atom stereocenters. The predicted octanol–water partition coefficient (Wildman–Crippen LogP) is 0.541. The van der Waals surface area contributed by atoms with Gasteiger partial charge in [0, 0.05) is 18.7 Å². The zero-order valence-electron chi connectivity index (χ0n) is 13.5. The lowest BCUT2D eigenvalue weighted by Crippen LogP contribution is -2.41. The Labute approximate surface area is 133 Å². The molecule has 0 saturated carbocycles. The smallest absolute Gasteiger partial charge is 0.291 e. The van der Waals surface area contributed by atoms with E-state index in [1.807, 2.05) is 6.92 Å². The van der Waals surface area contributed by atoms with E-state index in [0.717, 1.165) is 12.8 Å². The predicted molar refractivity (Wildman–Crippen MR) is 83.7 cm³/mol. The molecule has 2 aromatic heterocycles. The highest BCUT2D eigenvalue weighted by atomic mass is 16.5. The third-order valence-corrected chi connectivity index (χ3v) is 4.08. The Bertz CT molecular complexity index is 773. The molecule has 3 rings (SSSR count). The van der Waals surface area contributed by atoms with Crippen LogP contribution in [0.5, 0.6) is 0 Å². The van der Waals surface area contributed by atoms with Gasteiger partial charge in [0.05, 0.1) is 18.9 Å². The molecule has 8 nitrogen and oxygen atoms in total. The van der Waals surface area contributed by atoms with Crippen LogP contribution in [-0.4, -0.2) is 56.7 Å². The number of aryl methyl sites for hydroxylation is 1. The van der Waals surface area contributed by atoms with E-state index in [2.05, 4.69) is 22.0 Å². The Balaban J connectivity index is 1.96. The number of hydrogen-bond donors (Lipinski definition) is 1. The van der Waals surface area contributed by atoms with E-state index in [0.29, 0.717) is 44.0 Å². The van der Waals surface area contributed by atoms with Crippen molar-refractivity contribution >= 4 is 11.7 Å². The minimum atomic E-state index is -0.231. The molecule has 8 heteroatoms. The average Bonchev–Trinajstić information content (AvgIpc) is 2.99. The highest BCUT2D eigenvalue weighted by molar-refractivity contribution is 5.90. The lowest BCUT2D eigenvalue weighted by Gasteiger charge is -2.25. The van der Waals surface area contributed by atoms with E-state index in [9.17, 15) is 9.59 Å². The molecular formula is C15H21N5O3. The van der Waals surface area contributed by atoms with Gasteiger partial charge in [-0.1, -0.05) is 13.3 Å². The van der Waals surface area contributed by atoms with Crippen LogP contribution in [-0.2, 0) is 11.2 Å². The van der Waals surface area contributed by atoms with Gasteiger partial charge in [-0.25, -0.2) is 4.98 Å². The van der Waals surface area contributed by atoms with E-state index < -0.39 is 0 Å². The van der Waals surface area contributed by atoms with Crippen LogP contribution in [0.1, 0.15) is 41.6 Å². The van der Waals surface area contributed by atoms with Crippen molar-refractivity contribution in [1.82, 2.24) is 24.5 Å². The first-order chi connectivity index (χ1) is 11.1. The summed E-state index contributed by atoms with van der Waals surface area (Å²) in [6, 6.07) is 0. The maximum Gasteiger partial charge on any atom is 0.291 e. The van der Waals surface area contributed by atoms with Crippen molar-refractivity contribution in [3.63, 3.8) is 0 Å². The third kappa shape index (κ3) is 2.98. The standard InChI is InChI=1S/C15H21N5O3/c1-3-4-5-11-10(2)16-15-17-12(18-20(15)13(11)21)14(22)19-6-8-23-9-7-19/h3-9H2,1-2H3,(H,16,17,18). The molecule has 124 valence electrons. The van der Waals surface area contributed by atoms with Crippen LogP contribution >= 0.6 is 0 Å². The number of carbonyl (C=O) groups is 1. The molecule has 0 radical (unpaired) electrons. The number of morpholine rings is 1. The zero-order chi connectivity index (χ0) is 16.4. The Morgan fingerprint density at radius 2 is 2.04 bits per heavy atom. The summed E-state index contributed by atoms with van der Waals surface area (Å²) in [5, 5.41) is 2.80. The number of nitrogens with one attached hydrogen (secondary N) is 1. The van der Waals surface area contributed by atoms with Gasteiger partial charge in [-0.3, -0.25) is 14.7 Å². The molecule has 0 unspecified atom stereocenters. The normalized spacial score (nSPS) is 15.3. The number of fused-ring (bicyclic) bond motifs is 1. The van der Waals surface area contributed by atoms with E-state index >= 15 is 0 Å². The van der Waals surface area contributed by atoms with Gasteiger partial charge in [-0.05, 0) is 19.8 Å². The number of rotatable bonds is 4. The molecule has 1 aliphatic rings. The molecule has 0 aromatic carbocycles. The summed E-state index contributed by atoms with van der Waals surface area (Å²) in [6.45, 7) is 5.98. The molecule has 1 fully saturated rings. The fourth-order valence-corrected chi connectivity index (χ4v) is 2.71. The van der Waals surface area contributed by atoms with E-state index in [-0.39, 0.29) is 23.1 Å². The molecule has 0 aliphatic carbocycles. The SMILES string of the molecule is CCCCc1c(C)nc2nc(C(=O)N3CCOCC3)[nH]n2c1=O. The Morgan fingerprint density at radius 3 is 2.74 bits per heavy atom. The van der Waals surface area contributed by atoms with Crippen molar-refractivity contribution in [2.45, 2.75) is 33.1 Å². The van der Waals surface area contributed by atoms with E-state index in [1.165, 1.54) is 4.52 Å². The quantitative estimate of drug-likeness (QED) is 0.888. The molecule has 1 aliphatic heterocycles. The largest absolute Gasteiger partial charge is 0.378 e. The van der Waals surface area contributed by atoms with Crippen molar-refractivity contribution in [1.29, 1.82) is 0 Å². The summed E-state index contributed by atoms with van der Waals surface area (Å²) in [5.74, 6) is 0.152. The monoisotopic (exact) mass is 319 g/mol. The van der Waals surface area contributed by atoms with Crippen LogP contribution in [0, 0.1) is 6.92 Å². The first-order valence-electron chi connectivity index (χ1n) is 7.97. The second-order valence-electron chi connectivity index (χ2n) is 5.70. The number of H-pyrrole nitrogens is 1. The van der Waals surface area contributed by atoms with Gasteiger partial charge in [0.1, 0.15) is 0 Å². The van der Waals surface area contributed by atoms with Gasteiger partial charge in [0.15, 0.2) is 0 Å². The van der Waals surface area contributed by atoms with Crippen molar-refractivity contribution in [2.75, 3.05) is 26.3 Å². The molecule has 0 spiro atoms. The average molecular weight is 319 g/mol. The Morgan fingerprint density at radius 1 is 1.30 bits per heavy atom. The number of aromatic nitrogens is 4. The fraction of sp³-hybridized carbons (Fsp3) is 0.600. The first kappa shape index (κ1) is 15.7. The second-order valence-corrected chi connectivity index (χ2v) is 5.70. The lowest BCUT2D eigenvalue weighted by atomic mass is 10.1. The van der Waals surface area contributed by atoms with Crippen LogP contribution in [0.4, 0.5) is 0 Å². The summed E-state index contributed by atoms with van der Waals surface area (Å²) in [5.41, 5.74) is 1.19. The number of ether oxygens (including phenoxy) is 1. The minimum Gasteiger partial charge on any atom is -0.378 e. The van der Waals surface area contributed by atoms with Gasteiger partial charge in [0.2, 0.25) is 5.82 Å². The van der Waals surface area contributed by atoms with Gasteiger partial charge >= 0.3 is 0 Å². The Hall–Kier alpha value is -2.22. The van der Waals surface area contributed by atoms with Crippen LogP contribution < -0.4 is 5.56 Å². The number of unbranched alkanes of at least 4 members (excludes halogenated alkanes) is 1.